The van der Waals surface area contributed by atoms with Gasteiger partial charge in [-0.1, -0.05) is 0 Å². The van der Waals surface area contributed by atoms with Gasteiger partial charge in [0.25, 0.3) is 0 Å². The topological polar surface area (TPSA) is 32.3 Å². The first-order valence-electron chi connectivity index (χ1n) is 6.81. The number of amides is 2. The van der Waals surface area contributed by atoms with Gasteiger partial charge in [0.2, 0.25) is 0 Å². The molecule has 0 spiro atoms. The van der Waals surface area contributed by atoms with Gasteiger partial charge in [0.15, 0.2) is 0 Å². The highest BCUT2D eigenvalue weighted by Gasteiger charge is 2.55. The Labute approximate surface area is 96.6 Å². The molecular formula is C13H20N2O. The standard InChI is InChI=1S/C13H20N2O/c16-12-14-1-2-15(12)13-6-9-3-10(7-13)5-11(4-9)8-13/h9-11H,1-8H2,(H,14,16). The SMILES string of the molecule is O=C1NCCN1C12CC3CC(CC(C3)C1)C2. The molecule has 1 aliphatic heterocycles. The van der Waals surface area contributed by atoms with Gasteiger partial charge in [-0.3, -0.25) is 0 Å². The zero-order valence-corrected chi connectivity index (χ0v) is 9.74. The molecule has 4 bridgehead atoms. The van der Waals surface area contributed by atoms with E-state index in [-0.39, 0.29) is 11.6 Å². The van der Waals surface area contributed by atoms with Crippen LogP contribution in [0.25, 0.3) is 0 Å². The lowest BCUT2D eigenvalue weighted by atomic mass is 9.52. The highest BCUT2D eigenvalue weighted by Crippen LogP contribution is 2.57. The van der Waals surface area contributed by atoms with Crippen LogP contribution >= 0.6 is 0 Å². The van der Waals surface area contributed by atoms with E-state index in [0.29, 0.717) is 0 Å². The molecule has 2 amide bonds. The molecule has 1 heterocycles. The van der Waals surface area contributed by atoms with Crippen LogP contribution in [-0.2, 0) is 0 Å². The molecule has 3 heteroatoms. The first-order valence-corrected chi connectivity index (χ1v) is 6.81. The van der Waals surface area contributed by atoms with Crippen LogP contribution < -0.4 is 5.32 Å². The second kappa shape index (κ2) is 2.93. The van der Waals surface area contributed by atoms with Gasteiger partial charge >= 0.3 is 6.03 Å². The Balaban J connectivity index is 1.68. The number of nitrogens with one attached hydrogen (secondary N) is 1. The lowest BCUT2D eigenvalue weighted by Gasteiger charge is -2.59. The molecule has 5 rings (SSSR count). The van der Waals surface area contributed by atoms with Crippen molar-refractivity contribution >= 4 is 6.03 Å². The highest BCUT2D eigenvalue weighted by molar-refractivity contribution is 5.77. The maximum Gasteiger partial charge on any atom is 0.317 e. The average Bonchev–Trinajstić information content (AvgIpc) is 2.62. The van der Waals surface area contributed by atoms with E-state index in [9.17, 15) is 4.79 Å². The Bertz CT molecular complexity index is 304. The van der Waals surface area contributed by atoms with Gasteiger partial charge in [-0.2, -0.15) is 0 Å². The molecule has 4 aliphatic carbocycles. The van der Waals surface area contributed by atoms with E-state index in [4.69, 9.17) is 0 Å². The molecule has 0 aromatic rings. The minimum absolute atomic E-state index is 0.210. The lowest BCUT2D eigenvalue weighted by Crippen LogP contribution is -2.60. The van der Waals surface area contributed by atoms with Crippen molar-refractivity contribution in [3.63, 3.8) is 0 Å². The van der Waals surface area contributed by atoms with Gasteiger partial charge in [0.05, 0.1) is 0 Å². The van der Waals surface area contributed by atoms with Crippen molar-refractivity contribution in [3.05, 3.63) is 0 Å². The van der Waals surface area contributed by atoms with Crippen LogP contribution in [0.5, 0.6) is 0 Å². The van der Waals surface area contributed by atoms with E-state index >= 15 is 0 Å². The predicted octanol–water partition coefficient (Wildman–Crippen LogP) is 1.98. The van der Waals surface area contributed by atoms with Crippen molar-refractivity contribution < 1.29 is 4.79 Å². The first-order chi connectivity index (χ1) is 7.75. The number of rotatable bonds is 1. The summed E-state index contributed by atoms with van der Waals surface area (Å²) in [5, 5.41) is 2.98. The van der Waals surface area contributed by atoms with Crippen LogP contribution in [0, 0.1) is 17.8 Å². The first kappa shape index (κ1) is 9.32. The maximum absolute atomic E-state index is 11.9. The summed E-state index contributed by atoms with van der Waals surface area (Å²) < 4.78 is 0. The quantitative estimate of drug-likeness (QED) is 0.720. The third-order valence-corrected chi connectivity index (χ3v) is 5.44. The summed E-state index contributed by atoms with van der Waals surface area (Å²) in [6.45, 7) is 1.81. The number of hydrogen-bond donors (Lipinski definition) is 1. The van der Waals surface area contributed by atoms with Crippen molar-refractivity contribution in [3.8, 4) is 0 Å². The Kier molecular flexibility index (Phi) is 1.71. The van der Waals surface area contributed by atoms with Gasteiger partial charge in [0.1, 0.15) is 0 Å². The predicted molar refractivity (Wildman–Crippen MR) is 61.0 cm³/mol. The van der Waals surface area contributed by atoms with Crippen LogP contribution in [0.4, 0.5) is 4.79 Å². The van der Waals surface area contributed by atoms with Crippen molar-refractivity contribution in [1.29, 1.82) is 0 Å². The smallest absolute Gasteiger partial charge is 0.317 e. The zero-order valence-electron chi connectivity index (χ0n) is 9.74. The van der Waals surface area contributed by atoms with Crippen molar-refractivity contribution in [2.24, 2.45) is 17.8 Å². The molecule has 0 atom stereocenters. The second-order valence-corrected chi connectivity index (χ2v) is 6.53. The van der Waals surface area contributed by atoms with Crippen LogP contribution in [-0.4, -0.2) is 29.6 Å². The third kappa shape index (κ3) is 1.12. The molecule has 1 saturated heterocycles. The summed E-state index contributed by atoms with van der Waals surface area (Å²) in [5.74, 6) is 2.79. The van der Waals surface area contributed by atoms with Crippen molar-refractivity contribution in [1.82, 2.24) is 10.2 Å². The molecule has 0 aromatic carbocycles. The Morgan fingerprint density at radius 1 is 1.06 bits per heavy atom. The molecule has 0 unspecified atom stereocenters. The van der Waals surface area contributed by atoms with Gasteiger partial charge < -0.3 is 10.2 Å². The molecule has 1 N–H and O–H groups in total. The number of nitrogens with zero attached hydrogens (tertiary/aromatic N) is 1. The summed E-state index contributed by atoms with van der Waals surface area (Å²) in [7, 11) is 0. The largest absolute Gasteiger partial charge is 0.336 e. The fourth-order valence-electron chi connectivity index (χ4n) is 5.32. The molecule has 4 saturated carbocycles. The van der Waals surface area contributed by atoms with Crippen LogP contribution in [0.3, 0.4) is 0 Å². The highest BCUT2D eigenvalue weighted by atomic mass is 16.2. The van der Waals surface area contributed by atoms with E-state index in [1.807, 2.05) is 0 Å². The van der Waals surface area contributed by atoms with E-state index in [2.05, 4.69) is 10.2 Å². The van der Waals surface area contributed by atoms with E-state index in [1.165, 1.54) is 38.5 Å². The molecule has 16 heavy (non-hydrogen) atoms. The van der Waals surface area contributed by atoms with Gasteiger partial charge in [-0.25, -0.2) is 4.79 Å². The molecular weight excluding hydrogens is 200 g/mol. The normalized spacial score (nSPS) is 49.9. The molecule has 5 aliphatic rings. The third-order valence-electron chi connectivity index (χ3n) is 5.44. The summed E-state index contributed by atoms with van der Waals surface area (Å²) in [5.41, 5.74) is 0.273. The van der Waals surface area contributed by atoms with Gasteiger partial charge in [0, 0.05) is 18.6 Å². The van der Waals surface area contributed by atoms with E-state index in [1.54, 1.807) is 0 Å². The van der Waals surface area contributed by atoms with Gasteiger partial charge in [-0.05, 0) is 56.3 Å². The monoisotopic (exact) mass is 220 g/mol. The Morgan fingerprint density at radius 2 is 1.62 bits per heavy atom. The van der Waals surface area contributed by atoms with Crippen LogP contribution in [0.1, 0.15) is 38.5 Å². The summed E-state index contributed by atoms with van der Waals surface area (Å²) in [6, 6.07) is 0.210. The van der Waals surface area contributed by atoms with Crippen LogP contribution in [0.15, 0.2) is 0 Å². The van der Waals surface area contributed by atoms with E-state index in [0.717, 1.165) is 30.8 Å². The number of hydrogen-bond acceptors (Lipinski definition) is 1. The van der Waals surface area contributed by atoms with Crippen molar-refractivity contribution in [2.75, 3.05) is 13.1 Å². The van der Waals surface area contributed by atoms with E-state index < -0.39 is 0 Å². The summed E-state index contributed by atoms with van der Waals surface area (Å²) in [6.07, 6.45) is 8.25. The van der Waals surface area contributed by atoms with Crippen LogP contribution in [0.2, 0.25) is 0 Å². The minimum atomic E-state index is 0.210. The molecule has 88 valence electrons. The van der Waals surface area contributed by atoms with Gasteiger partial charge in [-0.15, -0.1) is 0 Å². The maximum atomic E-state index is 11.9. The molecule has 0 radical (unpaired) electrons. The molecule has 3 nitrogen and oxygen atoms in total. The number of carbonyl (C=O) groups excluding carboxylic acids is 1. The Morgan fingerprint density at radius 3 is 2.06 bits per heavy atom. The fraction of sp³-hybridized carbons (Fsp3) is 0.923. The summed E-state index contributed by atoms with van der Waals surface area (Å²) >= 11 is 0. The number of carbonyl (C=O) groups is 1. The fourth-order valence-corrected chi connectivity index (χ4v) is 5.32. The lowest BCUT2D eigenvalue weighted by molar-refractivity contribution is -0.0641. The zero-order chi connectivity index (χ0) is 10.8. The average molecular weight is 220 g/mol. The Hall–Kier alpha value is -0.730. The number of urea groups is 1. The molecule has 0 aromatic heterocycles. The summed E-state index contributed by atoms with van der Waals surface area (Å²) in [4.78, 5) is 14.1. The molecule has 5 fully saturated rings. The minimum Gasteiger partial charge on any atom is -0.336 e. The van der Waals surface area contributed by atoms with Crippen molar-refractivity contribution in [2.45, 2.75) is 44.1 Å². The second-order valence-electron chi connectivity index (χ2n) is 6.53.